The number of carbonyl (C=O) groups is 1. The van der Waals surface area contributed by atoms with E-state index in [2.05, 4.69) is 53.7 Å². The number of hydrogen-bond donors (Lipinski definition) is 0. The van der Waals surface area contributed by atoms with Crippen molar-refractivity contribution in [3.63, 3.8) is 0 Å². The van der Waals surface area contributed by atoms with Gasteiger partial charge < -0.3 is 4.43 Å². The second kappa shape index (κ2) is 6.14. The molecule has 0 aromatic rings. The Morgan fingerprint density at radius 2 is 1.50 bits per heavy atom. The second-order valence-electron chi connectivity index (χ2n) is 9.84. The Labute approximate surface area is 138 Å². The Morgan fingerprint density at radius 3 is 1.82 bits per heavy atom. The molecule has 3 heteroatoms. The molecular formula is C19H36O2Si. The van der Waals surface area contributed by atoms with Crippen molar-refractivity contribution in [2.45, 2.75) is 97.2 Å². The molecule has 0 aromatic heterocycles. The smallest absolute Gasteiger partial charge is 0.297 e. The minimum Gasteiger partial charge on any atom is -0.517 e. The number of hydrogen-bond acceptors (Lipinski definition) is 2. The highest BCUT2D eigenvalue weighted by Gasteiger charge is 2.62. The van der Waals surface area contributed by atoms with Gasteiger partial charge in [0, 0.05) is 5.54 Å². The molecule has 0 fully saturated rings. The van der Waals surface area contributed by atoms with Crippen molar-refractivity contribution < 1.29 is 9.22 Å². The summed E-state index contributed by atoms with van der Waals surface area (Å²) in [6.45, 7) is 19.5. The normalized spacial score (nSPS) is 20.9. The monoisotopic (exact) mass is 324 g/mol. The first-order chi connectivity index (χ1) is 9.73. The van der Waals surface area contributed by atoms with Crippen LogP contribution in [0.15, 0.2) is 12.2 Å². The standard InChI is InChI=1S/C19H36O2Si/c1-17(2,3)16(20)21-22(18(4,5)6,19(7,8)9)15-13-11-10-12-14-15/h11,13,15H,10,12,14H2,1-9H3. The van der Waals surface area contributed by atoms with Gasteiger partial charge in [-0.15, -0.1) is 0 Å². The van der Waals surface area contributed by atoms with E-state index in [1.165, 1.54) is 6.42 Å². The lowest BCUT2D eigenvalue weighted by molar-refractivity contribution is -0.144. The third kappa shape index (κ3) is 3.66. The summed E-state index contributed by atoms with van der Waals surface area (Å²) in [7, 11) is -2.41. The molecule has 1 aliphatic rings. The molecule has 0 radical (unpaired) electrons. The lowest BCUT2D eigenvalue weighted by atomic mass is 9.98. The zero-order chi connectivity index (χ0) is 17.4. The van der Waals surface area contributed by atoms with Gasteiger partial charge in [-0.25, -0.2) is 0 Å². The van der Waals surface area contributed by atoms with E-state index in [0.717, 1.165) is 12.8 Å². The van der Waals surface area contributed by atoms with Gasteiger partial charge in [-0.05, 0) is 50.1 Å². The fraction of sp³-hybridized carbons (Fsp3) is 0.842. The Morgan fingerprint density at radius 1 is 1.00 bits per heavy atom. The maximum absolute atomic E-state index is 12.8. The molecule has 0 heterocycles. The zero-order valence-electron chi connectivity index (χ0n) is 16.2. The maximum atomic E-state index is 12.8. The molecule has 2 nitrogen and oxygen atoms in total. The molecule has 0 aliphatic heterocycles. The quantitative estimate of drug-likeness (QED) is 0.444. The molecule has 0 saturated heterocycles. The van der Waals surface area contributed by atoms with Gasteiger partial charge in [0.1, 0.15) is 0 Å². The molecule has 0 N–H and O–H groups in total. The van der Waals surface area contributed by atoms with Crippen molar-refractivity contribution in [2.24, 2.45) is 5.41 Å². The first kappa shape index (κ1) is 19.5. The van der Waals surface area contributed by atoms with Crippen LogP contribution >= 0.6 is 0 Å². The molecule has 1 atom stereocenters. The summed E-state index contributed by atoms with van der Waals surface area (Å²) in [6.07, 6.45) is 8.15. The van der Waals surface area contributed by atoms with Gasteiger partial charge >= 0.3 is 0 Å². The van der Waals surface area contributed by atoms with Crippen LogP contribution in [0.3, 0.4) is 0 Å². The fourth-order valence-corrected chi connectivity index (χ4v) is 10.9. The number of allylic oxidation sites excluding steroid dienone is 2. The van der Waals surface area contributed by atoms with Gasteiger partial charge in [0.25, 0.3) is 14.3 Å². The van der Waals surface area contributed by atoms with Crippen LogP contribution in [0.4, 0.5) is 0 Å². The predicted molar refractivity (Wildman–Crippen MR) is 97.5 cm³/mol. The molecule has 0 aromatic carbocycles. The lowest BCUT2D eigenvalue weighted by Crippen LogP contribution is -2.60. The van der Waals surface area contributed by atoms with Gasteiger partial charge in [-0.2, -0.15) is 0 Å². The van der Waals surface area contributed by atoms with Crippen LogP contribution < -0.4 is 0 Å². The number of rotatable bonds is 2. The zero-order valence-corrected chi connectivity index (χ0v) is 17.2. The largest absolute Gasteiger partial charge is 0.517 e. The molecule has 0 amide bonds. The summed E-state index contributed by atoms with van der Waals surface area (Å²) in [5.74, 6) is -0.0389. The summed E-state index contributed by atoms with van der Waals surface area (Å²) >= 11 is 0. The highest BCUT2D eigenvalue weighted by atomic mass is 28.4. The minimum absolute atomic E-state index is 0.00148. The van der Waals surface area contributed by atoms with Crippen LogP contribution in [0.5, 0.6) is 0 Å². The molecule has 0 spiro atoms. The Kier molecular flexibility index (Phi) is 5.44. The average Bonchev–Trinajstić information content (AvgIpc) is 2.32. The van der Waals surface area contributed by atoms with E-state index in [1.807, 2.05) is 20.8 Å². The highest BCUT2D eigenvalue weighted by molar-refractivity contribution is 6.82. The van der Waals surface area contributed by atoms with E-state index in [-0.39, 0.29) is 16.0 Å². The molecule has 128 valence electrons. The lowest BCUT2D eigenvalue weighted by Gasteiger charge is -2.54. The maximum Gasteiger partial charge on any atom is 0.297 e. The highest BCUT2D eigenvalue weighted by Crippen LogP contribution is 2.59. The van der Waals surface area contributed by atoms with Gasteiger partial charge in [-0.1, -0.05) is 53.7 Å². The first-order valence-corrected chi connectivity index (χ1v) is 10.6. The predicted octanol–water partition coefficient (Wildman–Crippen LogP) is 6.23. The van der Waals surface area contributed by atoms with Crippen molar-refractivity contribution in [2.75, 3.05) is 0 Å². The summed E-state index contributed by atoms with van der Waals surface area (Å²) < 4.78 is 6.52. The van der Waals surface area contributed by atoms with Crippen molar-refractivity contribution in [3.8, 4) is 0 Å². The summed E-state index contributed by atoms with van der Waals surface area (Å²) in [6, 6.07) is 0. The van der Waals surface area contributed by atoms with E-state index in [9.17, 15) is 4.79 Å². The summed E-state index contributed by atoms with van der Waals surface area (Å²) in [5, 5.41) is -0.00296. The molecule has 22 heavy (non-hydrogen) atoms. The van der Waals surface area contributed by atoms with Crippen molar-refractivity contribution in [1.29, 1.82) is 0 Å². The van der Waals surface area contributed by atoms with Crippen molar-refractivity contribution in [1.82, 2.24) is 0 Å². The first-order valence-electron chi connectivity index (χ1n) is 8.63. The Balaban J connectivity index is 3.43. The second-order valence-corrected chi connectivity index (χ2v) is 15.3. The molecule has 1 rings (SSSR count). The number of carbonyl (C=O) groups excluding carboxylic acids is 1. The van der Waals surface area contributed by atoms with E-state index >= 15 is 0 Å². The van der Waals surface area contributed by atoms with Gasteiger partial charge in [0.05, 0.1) is 5.41 Å². The van der Waals surface area contributed by atoms with E-state index in [4.69, 9.17) is 4.43 Å². The van der Waals surface area contributed by atoms with E-state index in [0.29, 0.717) is 5.54 Å². The van der Waals surface area contributed by atoms with Crippen LogP contribution in [0.25, 0.3) is 0 Å². The molecule has 1 aliphatic carbocycles. The van der Waals surface area contributed by atoms with E-state index < -0.39 is 13.7 Å². The van der Waals surface area contributed by atoms with Crippen LogP contribution in [-0.4, -0.2) is 14.3 Å². The van der Waals surface area contributed by atoms with Crippen LogP contribution in [0.2, 0.25) is 15.6 Å². The van der Waals surface area contributed by atoms with E-state index in [1.54, 1.807) is 0 Å². The van der Waals surface area contributed by atoms with Gasteiger partial charge in [-0.3, -0.25) is 4.79 Å². The van der Waals surface area contributed by atoms with Crippen LogP contribution in [0.1, 0.15) is 81.6 Å². The fourth-order valence-electron chi connectivity index (χ4n) is 4.07. The molecular weight excluding hydrogens is 288 g/mol. The minimum atomic E-state index is -2.41. The molecule has 0 saturated carbocycles. The average molecular weight is 325 g/mol. The van der Waals surface area contributed by atoms with Gasteiger partial charge in [0.2, 0.25) is 0 Å². The van der Waals surface area contributed by atoms with Crippen molar-refractivity contribution in [3.05, 3.63) is 12.2 Å². The Hall–Kier alpha value is -0.573. The third-order valence-corrected chi connectivity index (χ3v) is 11.4. The van der Waals surface area contributed by atoms with Gasteiger partial charge in [0.15, 0.2) is 0 Å². The van der Waals surface area contributed by atoms with Crippen LogP contribution in [-0.2, 0) is 9.22 Å². The molecule has 1 unspecified atom stereocenters. The topological polar surface area (TPSA) is 26.3 Å². The third-order valence-electron chi connectivity index (χ3n) is 4.87. The van der Waals surface area contributed by atoms with Crippen molar-refractivity contribution >= 4 is 14.3 Å². The molecule has 0 bridgehead atoms. The summed E-state index contributed by atoms with van der Waals surface area (Å²) in [4.78, 5) is 12.8. The SMILES string of the molecule is CC(C)(C)C(=O)O[Si](C1C=CCCC1)(C(C)(C)C)C(C)(C)C. The summed E-state index contributed by atoms with van der Waals surface area (Å²) in [5.41, 5.74) is -0.0415. The Bertz CT molecular complexity index is 416. The van der Waals surface area contributed by atoms with Crippen LogP contribution in [0, 0.1) is 5.41 Å².